The van der Waals surface area contributed by atoms with Gasteiger partial charge in [0.2, 0.25) is 5.03 Å². The average molecular weight is 411 g/mol. The predicted molar refractivity (Wildman–Crippen MR) is 114 cm³/mol. The summed E-state index contributed by atoms with van der Waals surface area (Å²) in [5.41, 5.74) is 3.61. The van der Waals surface area contributed by atoms with Crippen LogP contribution in [-0.2, 0) is 23.5 Å². The molecular weight excluding hydrogens is 382 g/mol. The van der Waals surface area contributed by atoms with E-state index in [0.29, 0.717) is 19.6 Å². The van der Waals surface area contributed by atoms with Crippen molar-refractivity contribution in [2.45, 2.75) is 30.7 Å². The molecule has 152 valence electrons. The van der Waals surface area contributed by atoms with Crippen molar-refractivity contribution in [3.8, 4) is 0 Å². The highest BCUT2D eigenvalue weighted by Gasteiger charge is 2.50. The molecule has 2 atom stereocenters. The van der Waals surface area contributed by atoms with Gasteiger partial charge in [0.15, 0.2) is 0 Å². The first-order valence-electron chi connectivity index (χ1n) is 10.1. The first kappa shape index (κ1) is 19.9. The summed E-state index contributed by atoms with van der Waals surface area (Å²) in [5.74, 6) is 0.243. The van der Waals surface area contributed by atoms with Gasteiger partial charge in [-0.05, 0) is 18.1 Å². The monoisotopic (exact) mass is 410 g/mol. The summed E-state index contributed by atoms with van der Waals surface area (Å²) in [6.07, 6.45) is 4.78. The summed E-state index contributed by atoms with van der Waals surface area (Å²) in [6, 6.07) is 18.7. The van der Waals surface area contributed by atoms with Crippen LogP contribution < -0.4 is 0 Å². The molecule has 1 aliphatic heterocycles. The Labute approximate surface area is 173 Å². The lowest BCUT2D eigenvalue weighted by atomic mass is 9.99. The molecule has 4 rings (SSSR count). The number of imidazole rings is 1. The fourth-order valence-corrected chi connectivity index (χ4v) is 6.25. The van der Waals surface area contributed by atoms with Crippen LogP contribution in [0.25, 0.3) is 0 Å². The molecular formula is C23H28N3O2S+. The summed E-state index contributed by atoms with van der Waals surface area (Å²) in [7, 11) is -1.79. The van der Waals surface area contributed by atoms with Gasteiger partial charge in [0.05, 0.1) is 19.4 Å². The van der Waals surface area contributed by atoms with Crippen molar-refractivity contribution < 1.29 is 12.3 Å². The number of nitrogens with zero attached hydrogens (tertiary/aromatic N) is 3. The van der Waals surface area contributed by atoms with E-state index in [1.54, 1.807) is 24.1 Å². The van der Waals surface area contributed by atoms with E-state index in [1.807, 2.05) is 18.2 Å². The molecule has 1 saturated heterocycles. The number of aromatic nitrogens is 2. The first-order valence-corrected chi connectivity index (χ1v) is 11.5. The largest absolute Gasteiger partial charge is 0.346 e. The number of hydrogen-bond acceptors (Lipinski definition) is 3. The molecule has 2 aromatic carbocycles. The third-order valence-corrected chi connectivity index (χ3v) is 8.37. The molecule has 1 aromatic heterocycles. The summed E-state index contributed by atoms with van der Waals surface area (Å²) < 4.78 is 29.2. The number of benzene rings is 2. The van der Waals surface area contributed by atoms with Crippen molar-refractivity contribution in [2.75, 3.05) is 19.6 Å². The third kappa shape index (κ3) is 3.87. The average Bonchev–Trinajstić information content (AvgIpc) is 3.36. The zero-order chi connectivity index (χ0) is 20.5. The zero-order valence-electron chi connectivity index (χ0n) is 17.0. The molecule has 5 nitrogen and oxygen atoms in total. The van der Waals surface area contributed by atoms with Crippen LogP contribution in [-0.4, -0.2) is 41.5 Å². The lowest BCUT2D eigenvalue weighted by molar-refractivity contribution is -0.793. The van der Waals surface area contributed by atoms with E-state index in [4.69, 9.17) is 0 Å². The SMILES string of the molecule is Cc1ccc(CC[N+]2(S(=O)(=O)c3cn(C)cn3)CC[C@@H](c3ccccc3)C2)cc1. The Morgan fingerprint density at radius 3 is 2.48 bits per heavy atom. The second kappa shape index (κ2) is 7.76. The van der Waals surface area contributed by atoms with Crippen LogP contribution in [0.1, 0.15) is 29.0 Å². The van der Waals surface area contributed by atoms with Crippen LogP contribution in [0.4, 0.5) is 0 Å². The van der Waals surface area contributed by atoms with Gasteiger partial charge in [-0.15, -0.1) is 0 Å². The van der Waals surface area contributed by atoms with Crippen LogP contribution in [0.3, 0.4) is 0 Å². The number of hydrogen-bond donors (Lipinski definition) is 0. The number of sulfonamides is 1. The lowest BCUT2D eigenvalue weighted by Crippen LogP contribution is -2.52. The molecule has 6 heteroatoms. The summed E-state index contributed by atoms with van der Waals surface area (Å²) in [5, 5.41) is 0.178. The maximum absolute atomic E-state index is 13.7. The Morgan fingerprint density at radius 1 is 1.10 bits per heavy atom. The fourth-order valence-electron chi connectivity index (χ4n) is 4.32. The number of aryl methyl sites for hydroxylation is 2. The molecule has 29 heavy (non-hydrogen) atoms. The molecule has 3 aromatic rings. The Morgan fingerprint density at radius 2 is 1.83 bits per heavy atom. The van der Waals surface area contributed by atoms with E-state index in [1.165, 1.54) is 16.7 Å². The highest BCUT2D eigenvalue weighted by molar-refractivity contribution is 7.85. The van der Waals surface area contributed by atoms with Crippen molar-refractivity contribution >= 4 is 10.0 Å². The van der Waals surface area contributed by atoms with Crippen molar-refractivity contribution in [1.29, 1.82) is 0 Å². The molecule has 0 radical (unpaired) electrons. The topological polar surface area (TPSA) is 52.0 Å². The highest BCUT2D eigenvalue weighted by Crippen LogP contribution is 2.37. The molecule has 0 saturated carbocycles. The predicted octanol–water partition coefficient (Wildman–Crippen LogP) is 3.66. The van der Waals surface area contributed by atoms with Gasteiger partial charge >= 0.3 is 10.0 Å². The smallest absolute Gasteiger partial charge is 0.339 e. The number of rotatable bonds is 6. The van der Waals surface area contributed by atoms with Crippen molar-refractivity contribution in [2.24, 2.45) is 7.05 Å². The fraction of sp³-hybridized carbons (Fsp3) is 0.348. The molecule has 0 bridgehead atoms. The summed E-state index contributed by atoms with van der Waals surface area (Å²) >= 11 is 0. The van der Waals surface area contributed by atoms with Crippen molar-refractivity contribution in [1.82, 2.24) is 9.55 Å². The van der Waals surface area contributed by atoms with Gasteiger partial charge in [0, 0.05) is 32.0 Å². The van der Waals surface area contributed by atoms with E-state index in [0.717, 1.165) is 12.8 Å². The second-order valence-electron chi connectivity index (χ2n) is 8.17. The van der Waals surface area contributed by atoms with Crippen LogP contribution in [0.15, 0.2) is 72.1 Å². The van der Waals surface area contributed by atoms with Gasteiger partial charge in [-0.3, -0.25) is 0 Å². The Kier molecular flexibility index (Phi) is 5.32. The van der Waals surface area contributed by atoms with Gasteiger partial charge in [0.25, 0.3) is 0 Å². The molecule has 1 unspecified atom stereocenters. The van der Waals surface area contributed by atoms with E-state index in [9.17, 15) is 8.42 Å². The van der Waals surface area contributed by atoms with E-state index < -0.39 is 10.0 Å². The number of quaternary nitrogens is 1. The standard InChI is InChI=1S/C23H28N3O2S/c1-19-8-10-20(11-9-19)12-14-26(29(27,28)23-16-25(2)18-24-23)15-13-22(17-26)21-6-4-3-5-7-21/h3-11,16,18,22H,12-15,17H2,1-2H3/q+1/t22-,26?/m1/s1. The first-order chi connectivity index (χ1) is 13.9. The van der Waals surface area contributed by atoms with Gasteiger partial charge in [-0.1, -0.05) is 60.2 Å². The normalized spacial score (nSPS) is 22.1. The van der Waals surface area contributed by atoms with E-state index in [2.05, 4.69) is 48.3 Å². The van der Waals surface area contributed by atoms with E-state index >= 15 is 0 Å². The molecule has 0 amide bonds. The van der Waals surface area contributed by atoms with Crippen molar-refractivity contribution in [3.05, 3.63) is 83.8 Å². The molecule has 0 spiro atoms. The second-order valence-corrected chi connectivity index (χ2v) is 10.3. The van der Waals surface area contributed by atoms with Gasteiger partial charge < -0.3 is 4.57 Å². The molecule has 1 aliphatic rings. The minimum Gasteiger partial charge on any atom is -0.339 e. The number of likely N-dealkylation sites (tertiary alicyclic amines) is 1. The Bertz CT molecular complexity index is 1070. The zero-order valence-corrected chi connectivity index (χ0v) is 17.8. The third-order valence-electron chi connectivity index (χ3n) is 6.09. The minimum atomic E-state index is -3.59. The quantitative estimate of drug-likeness (QED) is 0.583. The Balaban J connectivity index is 1.66. The highest BCUT2D eigenvalue weighted by atomic mass is 32.2. The molecule has 0 N–H and O–H groups in total. The van der Waals surface area contributed by atoms with Gasteiger partial charge in [0.1, 0.15) is 6.54 Å². The molecule has 2 heterocycles. The maximum atomic E-state index is 13.7. The van der Waals surface area contributed by atoms with Crippen LogP contribution in [0.5, 0.6) is 0 Å². The van der Waals surface area contributed by atoms with Gasteiger partial charge in [-0.25, -0.2) is 8.87 Å². The lowest BCUT2D eigenvalue weighted by Gasteiger charge is -2.32. The van der Waals surface area contributed by atoms with Crippen LogP contribution in [0.2, 0.25) is 0 Å². The van der Waals surface area contributed by atoms with Crippen LogP contribution in [0, 0.1) is 6.92 Å². The van der Waals surface area contributed by atoms with Crippen molar-refractivity contribution in [3.63, 3.8) is 0 Å². The molecule has 0 aliphatic carbocycles. The maximum Gasteiger partial charge on any atom is 0.346 e. The Hall–Kier alpha value is -2.44. The molecule has 1 fully saturated rings. The van der Waals surface area contributed by atoms with E-state index in [-0.39, 0.29) is 14.8 Å². The minimum absolute atomic E-state index is 0.0669. The van der Waals surface area contributed by atoms with Gasteiger partial charge in [-0.2, -0.15) is 8.42 Å². The summed E-state index contributed by atoms with van der Waals surface area (Å²) in [4.78, 5) is 4.20. The summed E-state index contributed by atoms with van der Waals surface area (Å²) in [6.45, 7) is 3.83. The van der Waals surface area contributed by atoms with Crippen LogP contribution >= 0.6 is 0 Å².